The molecule has 2 aromatic rings. The summed E-state index contributed by atoms with van der Waals surface area (Å²) in [7, 11) is -0.0181. The van der Waals surface area contributed by atoms with Crippen molar-refractivity contribution in [1.29, 1.82) is 0 Å². The number of carbonyl (C=O) groups excluding carboxylic acids is 1. The van der Waals surface area contributed by atoms with E-state index >= 15 is 0 Å². The summed E-state index contributed by atoms with van der Waals surface area (Å²) in [5.41, 5.74) is 1.51. The number of unbranched alkanes of at least 4 members (excludes halogenated alkanes) is 1. The maximum atomic E-state index is 13.2. The fourth-order valence-corrected chi connectivity index (χ4v) is 4.48. The molecule has 2 rings (SSSR count). The van der Waals surface area contributed by atoms with Crippen molar-refractivity contribution in [2.75, 3.05) is 25.5 Å². The number of benzene rings is 2. The molecule has 0 unspecified atom stereocenters. The van der Waals surface area contributed by atoms with Gasteiger partial charge in [-0.25, -0.2) is 12.8 Å². The van der Waals surface area contributed by atoms with E-state index in [1.165, 1.54) is 12.1 Å². The Balaban J connectivity index is 2.34. The zero-order valence-corrected chi connectivity index (χ0v) is 17.3. The summed E-state index contributed by atoms with van der Waals surface area (Å²) in [6.45, 7) is 1.95. The van der Waals surface area contributed by atoms with E-state index in [0.29, 0.717) is 12.0 Å². The van der Waals surface area contributed by atoms with Gasteiger partial charge in [-0.05, 0) is 48.4 Å². The Morgan fingerprint density at radius 2 is 1.68 bits per heavy atom. The summed E-state index contributed by atoms with van der Waals surface area (Å²) in [5.74, 6) is -0.676. The van der Waals surface area contributed by atoms with E-state index in [9.17, 15) is 17.6 Å². The monoisotopic (exact) mass is 406 g/mol. The van der Waals surface area contributed by atoms with Gasteiger partial charge in [0.1, 0.15) is 11.1 Å². The third-order valence-corrected chi connectivity index (χ3v) is 6.66. The first-order valence-corrected chi connectivity index (χ1v) is 10.8. The Hall–Kier alpha value is -2.41. The largest absolute Gasteiger partial charge is 0.378 e. The van der Waals surface area contributed by atoms with E-state index in [1.807, 2.05) is 38.1 Å². The van der Waals surface area contributed by atoms with Crippen LogP contribution in [0.1, 0.15) is 37.0 Å². The van der Waals surface area contributed by atoms with Gasteiger partial charge in [-0.15, -0.1) is 0 Å². The van der Waals surface area contributed by atoms with Crippen LogP contribution in [0, 0.1) is 5.82 Å². The van der Waals surface area contributed by atoms with Crippen LogP contribution < -0.4 is 10.2 Å². The molecule has 0 aliphatic carbocycles. The highest BCUT2D eigenvalue weighted by atomic mass is 32.2. The van der Waals surface area contributed by atoms with E-state index < -0.39 is 20.9 Å². The molecule has 1 atom stereocenters. The van der Waals surface area contributed by atoms with Crippen LogP contribution in [0.25, 0.3) is 0 Å². The van der Waals surface area contributed by atoms with E-state index in [-0.39, 0.29) is 17.3 Å². The molecule has 0 aliphatic rings. The summed E-state index contributed by atoms with van der Waals surface area (Å²) in [6, 6.07) is 11.9. The highest BCUT2D eigenvalue weighted by Gasteiger charge is 2.29. The van der Waals surface area contributed by atoms with Gasteiger partial charge in [0, 0.05) is 32.7 Å². The molecule has 0 aromatic heterocycles. The molecule has 1 amide bonds. The standard InChI is InChI=1S/C21H27FN2O3S/c1-4-5-6-21(25)23-15-20(16-7-11-18(12-8-16)24(2)3)28(26,27)19-13-9-17(22)10-14-19/h7-14,20H,4-6,15H2,1-3H3,(H,23,25)/t20-/m1/s1. The second kappa shape index (κ2) is 9.68. The number of amides is 1. The molecular formula is C21H27FN2O3S. The van der Waals surface area contributed by atoms with Gasteiger partial charge in [-0.2, -0.15) is 0 Å². The lowest BCUT2D eigenvalue weighted by molar-refractivity contribution is -0.121. The lowest BCUT2D eigenvalue weighted by Crippen LogP contribution is -2.31. The van der Waals surface area contributed by atoms with Crippen molar-refractivity contribution in [2.24, 2.45) is 0 Å². The number of halogens is 1. The van der Waals surface area contributed by atoms with Crippen LogP contribution >= 0.6 is 0 Å². The molecule has 0 spiro atoms. The number of nitrogens with one attached hydrogen (secondary N) is 1. The fraction of sp³-hybridized carbons (Fsp3) is 0.381. The van der Waals surface area contributed by atoms with Gasteiger partial charge in [0.25, 0.3) is 0 Å². The van der Waals surface area contributed by atoms with Crippen molar-refractivity contribution in [3.63, 3.8) is 0 Å². The van der Waals surface area contributed by atoms with Gasteiger partial charge in [-0.1, -0.05) is 25.5 Å². The Bertz CT molecular complexity index is 879. The Morgan fingerprint density at radius 1 is 1.07 bits per heavy atom. The summed E-state index contributed by atoms with van der Waals surface area (Å²) < 4.78 is 39.6. The van der Waals surface area contributed by atoms with E-state index in [4.69, 9.17) is 0 Å². The van der Waals surface area contributed by atoms with Gasteiger partial charge < -0.3 is 10.2 Å². The average Bonchev–Trinajstić information content (AvgIpc) is 2.67. The Labute approximate surface area is 166 Å². The molecule has 2 aromatic carbocycles. The third-order valence-electron chi connectivity index (χ3n) is 4.54. The summed E-state index contributed by atoms with van der Waals surface area (Å²) in [6.07, 6.45) is 1.99. The number of carbonyl (C=O) groups is 1. The first-order valence-electron chi connectivity index (χ1n) is 9.29. The van der Waals surface area contributed by atoms with Crippen molar-refractivity contribution >= 4 is 21.4 Å². The van der Waals surface area contributed by atoms with Crippen LogP contribution in [0.5, 0.6) is 0 Å². The summed E-state index contributed by atoms with van der Waals surface area (Å²) in [4.78, 5) is 14.0. The first-order chi connectivity index (χ1) is 13.3. The molecule has 0 bridgehead atoms. The molecule has 152 valence electrons. The molecular weight excluding hydrogens is 379 g/mol. The molecule has 28 heavy (non-hydrogen) atoms. The fourth-order valence-electron chi connectivity index (χ4n) is 2.81. The second-order valence-corrected chi connectivity index (χ2v) is 9.01. The van der Waals surface area contributed by atoms with Crippen molar-refractivity contribution < 1.29 is 17.6 Å². The minimum atomic E-state index is -3.82. The summed E-state index contributed by atoms with van der Waals surface area (Å²) >= 11 is 0. The topological polar surface area (TPSA) is 66.5 Å². The van der Waals surface area contributed by atoms with Crippen LogP contribution in [0.4, 0.5) is 10.1 Å². The van der Waals surface area contributed by atoms with Crippen LogP contribution in [-0.4, -0.2) is 35.0 Å². The molecule has 7 heteroatoms. The highest BCUT2D eigenvalue weighted by Crippen LogP contribution is 2.30. The normalized spacial score (nSPS) is 12.4. The van der Waals surface area contributed by atoms with Crippen LogP contribution in [0.15, 0.2) is 53.4 Å². The molecule has 0 radical (unpaired) electrons. The number of anilines is 1. The first kappa shape index (κ1) is 21.9. The van der Waals surface area contributed by atoms with Gasteiger partial charge in [0.05, 0.1) is 4.90 Å². The van der Waals surface area contributed by atoms with Gasteiger partial charge in [0.2, 0.25) is 5.91 Å². The van der Waals surface area contributed by atoms with Crippen molar-refractivity contribution in [3.05, 3.63) is 59.9 Å². The smallest absolute Gasteiger partial charge is 0.220 e. The molecule has 0 fully saturated rings. The predicted octanol–water partition coefficient (Wildman–Crippen LogP) is 3.71. The van der Waals surface area contributed by atoms with E-state index in [1.54, 1.807) is 12.1 Å². The average molecular weight is 407 g/mol. The van der Waals surface area contributed by atoms with Crippen LogP contribution in [0.3, 0.4) is 0 Å². The molecule has 0 saturated heterocycles. The van der Waals surface area contributed by atoms with E-state index in [0.717, 1.165) is 30.7 Å². The molecule has 1 N–H and O–H groups in total. The number of hydrogen-bond donors (Lipinski definition) is 1. The second-order valence-electron chi connectivity index (χ2n) is 6.88. The minimum Gasteiger partial charge on any atom is -0.378 e. The number of hydrogen-bond acceptors (Lipinski definition) is 4. The highest BCUT2D eigenvalue weighted by molar-refractivity contribution is 7.91. The quantitative estimate of drug-likeness (QED) is 0.645. The minimum absolute atomic E-state index is 0.0263. The van der Waals surface area contributed by atoms with Crippen LogP contribution in [0.2, 0.25) is 0 Å². The Kier molecular flexibility index (Phi) is 7.57. The van der Waals surface area contributed by atoms with Gasteiger partial charge in [0.15, 0.2) is 9.84 Å². The lowest BCUT2D eigenvalue weighted by atomic mass is 10.1. The Morgan fingerprint density at radius 3 is 2.21 bits per heavy atom. The number of sulfone groups is 1. The van der Waals surface area contributed by atoms with Crippen molar-refractivity contribution in [2.45, 2.75) is 36.3 Å². The zero-order valence-electron chi connectivity index (χ0n) is 16.5. The van der Waals surface area contributed by atoms with Gasteiger partial charge in [-0.3, -0.25) is 4.79 Å². The maximum absolute atomic E-state index is 13.2. The van der Waals surface area contributed by atoms with Crippen LogP contribution in [-0.2, 0) is 14.6 Å². The maximum Gasteiger partial charge on any atom is 0.220 e. The molecule has 0 aliphatic heterocycles. The van der Waals surface area contributed by atoms with E-state index in [2.05, 4.69) is 5.32 Å². The number of rotatable bonds is 9. The van der Waals surface area contributed by atoms with Gasteiger partial charge >= 0.3 is 0 Å². The zero-order chi connectivity index (χ0) is 20.7. The molecule has 0 saturated carbocycles. The SMILES string of the molecule is CCCCC(=O)NC[C@H](c1ccc(N(C)C)cc1)S(=O)(=O)c1ccc(F)cc1. The predicted molar refractivity (Wildman–Crippen MR) is 110 cm³/mol. The number of nitrogens with zero attached hydrogens (tertiary/aromatic N) is 1. The summed E-state index contributed by atoms with van der Waals surface area (Å²) in [5, 5.41) is 1.78. The molecule has 0 heterocycles. The van der Waals surface area contributed by atoms with Crippen molar-refractivity contribution in [1.82, 2.24) is 5.32 Å². The lowest BCUT2D eigenvalue weighted by Gasteiger charge is -2.20. The third kappa shape index (κ3) is 5.55. The molecule has 5 nitrogen and oxygen atoms in total. The van der Waals surface area contributed by atoms with Crippen molar-refractivity contribution in [3.8, 4) is 0 Å².